The number of hydrogen-bond donors (Lipinski definition) is 1. The third-order valence-electron chi connectivity index (χ3n) is 2.08. The maximum atomic E-state index is 10.9. The number of benzene rings is 1. The van der Waals surface area contributed by atoms with E-state index in [9.17, 15) is 4.79 Å². The quantitative estimate of drug-likeness (QED) is 0.737. The number of rotatable bonds is 1. The molecule has 1 N–H and O–H groups in total. The maximum absolute atomic E-state index is 10.9. The van der Waals surface area contributed by atoms with Crippen LogP contribution in [0.2, 0.25) is 0 Å². The average molecular weight is 194 g/mol. The summed E-state index contributed by atoms with van der Waals surface area (Å²) in [5.41, 5.74) is 1.91. The molecule has 0 saturated heterocycles. The van der Waals surface area contributed by atoms with E-state index in [2.05, 4.69) is 0 Å². The van der Waals surface area contributed by atoms with Crippen molar-refractivity contribution >= 4 is 5.97 Å². The van der Waals surface area contributed by atoms with Crippen molar-refractivity contribution in [3.63, 3.8) is 0 Å². The fraction of sp³-hybridized carbons (Fsp3) is 0.300. The summed E-state index contributed by atoms with van der Waals surface area (Å²) in [6.45, 7) is 2.38. The second-order valence-electron chi connectivity index (χ2n) is 3.22. The highest BCUT2D eigenvalue weighted by atomic mass is 16.7. The van der Waals surface area contributed by atoms with Crippen molar-refractivity contribution < 1.29 is 19.4 Å². The van der Waals surface area contributed by atoms with Gasteiger partial charge in [-0.1, -0.05) is 6.07 Å². The molecule has 4 nitrogen and oxygen atoms in total. The lowest BCUT2D eigenvalue weighted by atomic mass is 10.0. The minimum absolute atomic E-state index is 0.121. The zero-order valence-electron chi connectivity index (χ0n) is 7.74. The molecule has 2 rings (SSSR count). The van der Waals surface area contributed by atoms with Gasteiger partial charge in [-0.2, -0.15) is 0 Å². The second-order valence-corrected chi connectivity index (χ2v) is 3.22. The van der Waals surface area contributed by atoms with Crippen LogP contribution in [0.1, 0.15) is 21.5 Å². The molecule has 0 saturated carbocycles. The van der Waals surface area contributed by atoms with Gasteiger partial charge in [-0.3, -0.25) is 0 Å². The van der Waals surface area contributed by atoms with E-state index in [1.165, 1.54) is 0 Å². The Hall–Kier alpha value is -1.55. The van der Waals surface area contributed by atoms with Crippen LogP contribution in [0.25, 0.3) is 0 Å². The van der Waals surface area contributed by atoms with Crippen LogP contribution < -0.4 is 4.74 Å². The van der Waals surface area contributed by atoms with Crippen LogP contribution in [0.3, 0.4) is 0 Å². The Labute approximate surface area is 81.1 Å². The van der Waals surface area contributed by atoms with E-state index < -0.39 is 5.97 Å². The Morgan fingerprint density at radius 2 is 2.29 bits per heavy atom. The Balaban J connectivity index is 2.58. The van der Waals surface area contributed by atoms with Gasteiger partial charge in [-0.25, -0.2) is 4.79 Å². The molecule has 0 spiro atoms. The van der Waals surface area contributed by atoms with Crippen molar-refractivity contribution in [1.29, 1.82) is 0 Å². The van der Waals surface area contributed by atoms with Crippen molar-refractivity contribution in [2.75, 3.05) is 6.79 Å². The normalized spacial score (nSPS) is 14.4. The van der Waals surface area contributed by atoms with Crippen molar-refractivity contribution in [3.8, 4) is 5.75 Å². The van der Waals surface area contributed by atoms with E-state index >= 15 is 0 Å². The number of hydrogen-bond acceptors (Lipinski definition) is 3. The van der Waals surface area contributed by atoms with Crippen LogP contribution >= 0.6 is 0 Å². The van der Waals surface area contributed by atoms with Crippen LogP contribution in [0, 0.1) is 6.92 Å². The van der Waals surface area contributed by atoms with E-state index in [4.69, 9.17) is 14.6 Å². The SMILES string of the molecule is Cc1cc2c(c(C(=O)O)c1)OCOC2. The van der Waals surface area contributed by atoms with Crippen molar-refractivity contribution in [2.45, 2.75) is 13.5 Å². The predicted octanol–water partition coefficient (Wildman–Crippen LogP) is 1.56. The third-order valence-corrected chi connectivity index (χ3v) is 2.08. The van der Waals surface area contributed by atoms with Gasteiger partial charge in [-0.15, -0.1) is 0 Å². The first-order valence-electron chi connectivity index (χ1n) is 4.26. The Kier molecular flexibility index (Phi) is 2.13. The molecule has 1 aliphatic heterocycles. The smallest absolute Gasteiger partial charge is 0.339 e. The van der Waals surface area contributed by atoms with Gasteiger partial charge in [0, 0.05) is 5.56 Å². The predicted molar refractivity (Wildman–Crippen MR) is 48.4 cm³/mol. The number of carboxylic acids is 1. The third kappa shape index (κ3) is 1.44. The van der Waals surface area contributed by atoms with E-state index in [1.807, 2.05) is 13.0 Å². The maximum Gasteiger partial charge on any atom is 0.339 e. The Morgan fingerprint density at radius 3 is 3.00 bits per heavy atom. The Bertz CT molecular complexity index is 384. The van der Waals surface area contributed by atoms with E-state index in [0.717, 1.165) is 11.1 Å². The van der Waals surface area contributed by atoms with E-state index in [0.29, 0.717) is 12.4 Å². The monoisotopic (exact) mass is 194 g/mol. The number of aryl methyl sites for hydroxylation is 1. The summed E-state index contributed by atoms with van der Waals surface area (Å²) in [5, 5.41) is 8.94. The molecule has 74 valence electrons. The molecule has 4 heteroatoms. The lowest BCUT2D eigenvalue weighted by Gasteiger charge is -2.19. The first-order valence-corrected chi connectivity index (χ1v) is 4.26. The summed E-state index contributed by atoms with van der Waals surface area (Å²) in [6.07, 6.45) is 0. The minimum atomic E-state index is -0.966. The molecule has 14 heavy (non-hydrogen) atoms. The van der Waals surface area contributed by atoms with E-state index in [-0.39, 0.29) is 12.4 Å². The zero-order chi connectivity index (χ0) is 10.1. The zero-order valence-corrected chi connectivity index (χ0v) is 7.74. The molecule has 0 amide bonds. The first kappa shape index (κ1) is 9.02. The second kappa shape index (κ2) is 3.31. The van der Waals surface area contributed by atoms with Crippen LogP contribution in [0.15, 0.2) is 12.1 Å². The Morgan fingerprint density at radius 1 is 1.50 bits per heavy atom. The summed E-state index contributed by atoms with van der Waals surface area (Å²) in [7, 11) is 0. The summed E-state index contributed by atoms with van der Waals surface area (Å²) in [6, 6.07) is 3.48. The van der Waals surface area contributed by atoms with Gasteiger partial charge >= 0.3 is 5.97 Å². The van der Waals surface area contributed by atoms with E-state index in [1.54, 1.807) is 6.07 Å². The molecule has 0 aromatic heterocycles. The van der Waals surface area contributed by atoms with Crippen LogP contribution in [0.5, 0.6) is 5.75 Å². The van der Waals surface area contributed by atoms with Gasteiger partial charge in [0.15, 0.2) is 6.79 Å². The largest absolute Gasteiger partial charge is 0.478 e. The average Bonchev–Trinajstić information content (AvgIpc) is 2.16. The number of ether oxygens (including phenoxy) is 2. The first-order chi connectivity index (χ1) is 6.68. The van der Waals surface area contributed by atoms with Gasteiger partial charge in [0.2, 0.25) is 0 Å². The molecule has 1 aromatic carbocycles. The van der Waals surface area contributed by atoms with Gasteiger partial charge in [0.1, 0.15) is 11.3 Å². The van der Waals surface area contributed by atoms with Gasteiger partial charge in [0.05, 0.1) is 6.61 Å². The molecule has 0 unspecified atom stereocenters. The highest BCUT2D eigenvalue weighted by molar-refractivity contribution is 5.91. The standard InChI is InChI=1S/C10H10O4/c1-6-2-7-4-13-5-14-9(7)8(3-6)10(11)12/h2-3H,4-5H2,1H3,(H,11,12). The van der Waals surface area contributed by atoms with Gasteiger partial charge in [0.25, 0.3) is 0 Å². The molecular formula is C10H10O4. The highest BCUT2D eigenvalue weighted by Crippen LogP contribution is 2.29. The fourth-order valence-corrected chi connectivity index (χ4v) is 1.54. The summed E-state index contributed by atoms with van der Waals surface area (Å²) in [4.78, 5) is 10.9. The van der Waals surface area contributed by atoms with Crippen LogP contribution in [-0.2, 0) is 11.3 Å². The summed E-state index contributed by atoms with van der Waals surface area (Å²) in [5.74, 6) is -0.527. The highest BCUT2D eigenvalue weighted by Gasteiger charge is 2.19. The molecule has 0 atom stereocenters. The van der Waals surface area contributed by atoms with Crippen molar-refractivity contribution in [2.24, 2.45) is 0 Å². The molecule has 1 heterocycles. The van der Waals surface area contributed by atoms with Crippen LogP contribution in [0.4, 0.5) is 0 Å². The number of carbonyl (C=O) groups is 1. The minimum Gasteiger partial charge on any atom is -0.478 e. The molecule has 0 bridgehead atoms. The molecule has 0 radical (unpaired) electrons. The number of aromatic carboxylic acids is 1. The lowest BCUT2D eigenvalue weighted by molar-refractivity contribution is -0.0171. The summed E-state index contributed by atoms with van der Waals surface area (Å²) >= 11 is 0. The molecule has 0 fully saturated rings. The molecule has 1 aromatic rings. The van der Waals surface area contributed by atoms with Gasteiger partial charge < -0.3 is 14.6 Å². The summed E-state index contributed by atoms with van der Waals surface area (Å²) < 4.78 is 10.2. The fourth-order valence-electron chi connectivity index (χ4n) is 1.54. The number of fused-ring (bicyclic) bond motifs is 1. The van der Waals surface area contributed by atoms with Crippen molar-refractivity contribution in [1.82, 2.24) is 0 Å². The number of carboxylic acid groups (broad SMARTS) is 1. The molecule has 0 aliphatic carbocycles. The molecule has 1 aliphatic rings. The van der Waals surface area contributed by atoms with Crippen molar-refractivity contribution in [3.05, 3.63) is 28.8 Å². The van der Waals surface area contributed by atoms with Gasteiger partial charge in [-0.05, 0) is 18.6 Å². The lowest BCUT2D eigenvalue weighted by Crippen LogP contribution is -2.15. The molecular weight excluding hydrogens is 184 g/mol. The van der Waals surface area contributed by atoms with Crippen LogP contribution in [-0.4, -0.2) is 17.9 Å². The topological polar surface area (TPSA) is 55.8 Å².